The van der Waals surface area contributed by atoms with E-state index in [4.69, 9.17) is 15.2 Å². The third-order valence-electron chi connectivity index (χ3n) is 7.08. The van der Waals surface area contributed by atoms with Crippen molar-refractivity contribution in [1.29, 1.82) is 5.26 Å². The van der Waals surface area contributed by atoms with E-state index in [-0.39, 0.29) is 60.1 Å². The molecule has 46 heavy (non-hydrogen) atoms. The molecule has 5 rings (SSSR count). The van der Waals surface area contributed by atoms with Gasteiger partial charge in [0.2, 0.25) is 5.91 Å². The summed E-state index contributed by atoms with van der Waals surface area (Å²) in [6.07, 6.45) is 3.22. The van der Waals surface area contributed by atoms with Crippen LogP contribution in [0.1, 0.15) is 41.4 Å². The molecule has 17 heteroatoms. The van der Waals surface area contributed by atoms with E-state index in [1.807, 2.05) is 6.92 Å². The third kappa shape index (κ3) is 7.95. The predicted octanol–water partition coefficient (Wildman–Crippen LogP) is 2.74. The monoisotopic (exact) mass is 640 g/mol. The highest BCUT2D eigenvalue weighted by atomic mass is 19.4. The van der Waals surface area contributed by atoms with Crippen LogP contribution >= 0.6 is 0 Å². The molecule has 0 spiro atoms. The van der Waals surface area contributed by atoms with Crippen molar-refractivity contribution in [3.8, 4) is 17.3 Å². The maximum atomic E-state index is 13.7. The third-order valence-corrected chi connectivity index (χ3v) is 7.08. The average Bonchev–Trinajstić information content (AvgIpc) is 3.79. The molecular formula is C29H31F3N10O4. The van der Waals surface area contributed by atoms with Crippen LogP contribution in [0.5, 0.6) is 0 Å². The van der Waals surface area contributed by atoms with Crippen LogP contribution in [0.2, 0.25) is 0 Å². The number of hydrogen-bond donors (Lipinski definition) is 5. The number of carboxylic acid groups (broad SMARTS) is 1. The predicted molar refractivity (Wildman–Crippen MR) is 159 cm³/mol. The molecule has 4 aromatic rings. The second-order valence-corrected chi connectivity index (χ2v) is 10.1. The minimum Gasteiger partial charge on any atom is -0.483 e. The van der Waals surface area contributed by atoms with Gasteiger partial charge in [0.25, 0.3) is 12.4 Å². The summed E-state index contributed by atoms with van der Waals surface area (Å²) in [6, 6.07) is 7.11. The SMILES string of the molecule is CCc1cc(Nc2nccn3c(-c4cn(CC#N)nc4C(F)(F)F)cnc23)ccc1C(=O)NCC(=O)NCC1CCCN1.O=CO. The zero-order chi connectivity index (χ0) is 33.3. The van der Waals surface area contributed by atoms with Crippen molar-refractivity contribution in [3.05, 3.63) is 59.8 Å². The molecule has 0 radical (unpaired) electrons. The Kier molecular flexibility index (Phi) is 10.9. The van der Waals surface area contributed by atoms with E-state index < -0.39 is 11.9 Å². The van der Waals surface area contributed by atoms with E-state index in [0.717, 1.165) is 30.3 Å². The number of alkyl halides is 3. The van der Waals surface area contributed by atoms with E-state index in [2.05, 4.69) is 36.3 Å². The molecule has 1 fully saturated rings. The Labute approximate surface area is 260 Å². The van der Waals surface area contributed by atoms with Gasteiger partial charge in [0.1, 0.15) is 6.54 Å². The van der Waals surface area contributed by atoms with Gasteiger partial charge in [-0.25, -0.2) is 9.97 Å². The van der Waals surface area contributed by atoms with Gasteiger partial charge in [-0.05, 0) is 49.6 Å². The highest BCUT2D eigenvalue weighted by molar-refractivity contribution is 5.98. The number of nitrogens with zero attached hydrogens (tertiary/aromatic N) is 6. The van der Waals surface area contributed by atoms with E-state index in [1.165, 1.54) is 23.0 Å². The van der Waals surface area contributed by atoms with Gasteiger partial charge in [0.05, 0.1) is 30.1 Å². The number of nitriles is 1. The fraction of sp³-hybridized carbons (Fsp3) is 0.345. The molecule has 0 aliphatic carbocycles. The highest BCUT2D eigenvalue weighted by Crippen LogP contribution is 2.37. The van der Waals surface area contributed by atoms with E-state index in [1.54, 1.807) is 24.3 Å². The van der Waals surface area contributed by atoms with Crippen LogP contribution in [0.4, 0.5) is 24.7 Å². The van der Waals surface area contributed by atoms with E-state index in [0.29, 0.717) is 29.8 Å². The molecule has 2 amide bonds. The molecular weight excluding hydrogens is 609 g/mol. The normalized spacial score (nSPS) is 14.2. The molecule has 1 aliphatic heterocycles. The first-order chi connectivity index (χ1) is 22.1. The van der Waals surface area contributed by atoms with E-state index in [9.17, 15) is 22.8 Å². The van der Waals surface area contributed by atoms with Gasteiger partial charge in [0.15, 0.2) is 17.2 Å². The lowest BCUT2D eigenvalue weighted by Gasteiger charge is -2.14. The number of rotatable bonds is 10. The van der Waals surface area contributed by atoms with Gasteiger partial charge in [-0.2, -0.15) is 23.5 Å². The van der Waals surface area contributed by atoms with E-state index >= 15 is 0 Å². The Hall–Kier alpha value is -5.50. The van der Waals surface area contributed by atoms with Gasteiger partial charge in [0, 0.05) is 42.4 Å². The lowest BCUT2D eigenvalue weighted by molar-refractivity contribution is -0.141. The number of benzene rings is 1. The summed E-state index contributed by atoms with van der Waals surface area (Å²) in [5, 5.41) is 31.3. The number of carbonyl (C=O) groups is 3. The van der Waals surface area contributed by atoms with Crippen LogP contribution in [-0.2, 0) is 28.7 Å². The van der Waals surface area contributed by atoms with Crippen LogP contribution in [-0.4, -0.2) is 73.2 Å². The summed E-state index contributed by atoms with van der Waals surface area (Å²) in [4.78, 5) is 42.0. The van der Waals surface area contributed by atoms with Crippen LogP contribution in [0.25, 0.3) is 16.9 Å². The Morgan fingerprint density at radius 3 is 2.72 bits per heavy atom. The lowest BCUT2D eigenvalue weighted by Crippen LogP contribution is -2.42. The van der Waals surface area contributed by atoms with Crippen molar-refractivity contribution >= 4 is 35.4 Å². The number of carbonyl (C=O) groups excluding carboxylic acids is 2. The maximum absolute atomic E-state index is 13.7. The second-order valence-electron chi connectivity index (χ2n) is 10.1. The van der Waals surface area contributed by atoms with Gasteiger partial charge in [-0.15, -0.1) is 0 Å². The summed E-state index contributed by atoms with van der Waals surface area (Å²) in [6.45, 7) is 2.61. The second kappa shape index (κ2) is 15.0. The zero-order valence-corrected chi connectivity index (χ0v) is 24.6. The molecule has 14 nitrogen and oxygen atoms in total. The number of anilines is 2. The Bertz CT molecular complexity index is 1740. The fourth-order valence-electron chi connectivity index (χ4n) is 4.99. The average molecular weight is 641 g/mol. The van der Waals surface area contributed by atoms with Crippen LogP contribution in [0.15, 0.2) is 43.0 Å². The number of amides is 2. The maximum Gasteiger partial charge on any atom is 0.435 e. The molecule has 0 bridgehead atoms. The van der Waals surface area contributed by atoms with Gasteiger partial charge in [-0.3, -0.25) is 23.5 Å². The first kappa shape index (κ1) is 33.4. The smallest absolute Gasteiger partial charge is 0.435 e. The molecule has 3 aromatic heterocycles. The number of hydrogen-bond acceptors (Lipinski definition) is 9. The van der Waals surface area contributed by atoms with Crippen LogP contribution in [0.3, 0.4) is 0 Å². The summed E-state index contributed by atoms with van der Waals surface area (Å²) in [7, 11) is 0. The number of fused-ring (bicyclic) bond motifs is 1. The Morgan fingerprint density at radius 1 is 1.26 bits per heavy atom. The van der Waals surface area contributed by atoms with Gasteiger partial charge >= 0.3 is 6.18 Å². The first-order valence-corrected chi connectivity index (χ1v) is 14.2. The van der Waals surface area contributed by atoms with Gasteiger partial charge in [-0.1, -0.05) is 6.92 Å². The van der Waals surface area contributed by atoms with Crippen molar-refractivity contribution in [2.45, 2.75) is 44.9 Å². The van der Waals surface area contributed by atoms with Crippen LogP contribution < -0.4 is 21.3 Å². The van der Waals surface area contributed by atoms with Gasteiger partial charge < -0.3 is 26.4 Å². The number of halogens is 3. The number of nitrogens with one attached hydrogen (secondary N) is 4. The van der Waals surface area contributed by atoms with Crippen LogP contribution in [0, 0.1) is 11.3 Å². The van der Waals surface area contributed by atoms with Crippen molar-refractivity contribution in [2.24, 2.45) is 0 Å². The molecule has 1 aromatic carbocycles. The topological polar surface area (TPSA) is 191 Å². The molecule has 4 heterocycles. The number of aromatic nitrogens is 5. The quantitative estimate of drug-likeness (QED) is 0.161. The Morgan fingerprint density at radius 2 is 2.04 bits per heavy atom. The summed E-state index contributed by atoms with van der Waals surface area (Å²) in [5.41, 5.74) is 0.758. The zero-order valence-electron chi connectivity index (χ0n) is 24.6. The molecule has 0 saturated carbocycles. The minimum atomic E-state index is -4.74. The molecule has 1 aliphatic rings. The molecule has 5 N–H and O–H groups in total. The standard InChI is InChI=1S/C28H29F3N10O2.CH2O2/c1-2-17-12-18(5-6-20(17)27(43)37-15-23(42)35-13-19-4-3-8-33-19)38-25-26-36-14-22(41(26)11-9-34-25)21-16-40(10-7-32)39-24(21)28(29,30)31;2-1-3/h5-6,9,11-12,14,16,19,33H,2-4,8,10,13,15H2,1H3,(H,34,38)(H,35,42)(H,37,43);1H,(H,2,3). The first-order valence-electron chi connectivity index (χ1n) is 14.2. The Balaban J connectivity index is 0.00000154. The number of imidazole rings is 1. The minimum absolute atomic E-state index is 0.127. The molecule has 1 atom stereocenters. The summed E-state index contributed by atoms with van der Waals surface area (Å²) < 4.78 is 43.6. The lowest BCUT2D eigenvalue weighted by atomic mass is 10.0. The highest BCUT2D eigenvalue weighted by Gasteiger charge is 2.38. The molecule has 1 saturated heterocycles. The number of aryl methyl sites for hydroxylation is 1. The van der Waals surface area contributed by atoms with Crippen molar-refractivity contribution in [3.63, 3.8) is 0 Å². The van der Waals surface area contributed by atoms with Crippen molar-refractivity contribution in [1.82, 2.24) is 40.1 Å². The summed E-state index contributed by atoms with van der Waals surface area (Å²) in [5.74, 6) is -0.371. The fourth-order valence-corrected chi connectivity index (χ4v) is 4.99. The molecule has 242 valence electrons. The molecule has 1 unspecified atom stereocenters. The van der Waals surface area contributed by atoms with Crippen molar-refractivity contribution < 1.29 is 32.7 Å². The largest absolute Gasteiger partial charge is 0.483 e. The summed E-state index contributed by atoms with van der Waals surface area (Å²) >= 11 is 0. The van der Waals surface area contributed by atoms with Crippen molar-refractivity contribution in [2.75, 3.05) is 25.0 Å².